The Hall–Kier alpha value is -2.73. The molecule has 112 valence electrons. The first-order valence-electron chi connectivity index (χ1n) is 5.84. The molecular weight excluding hydrogens is 282 g/mol. The Morgan fingerprint density at radius 2 is 1.71 bits per heavy atom. The zero-order chi connectivity index (χ0) is 16.0. The number of aryl methyl sites for hydroxylation is 1. The van der Waals surface area contributed by atoms with Gasteiger partial charge in [0, 0.05) is 26.1 Å². The van der Waals surface area contributed by atoms with Crippen molar-refractivity contribution < 1.29 is 33.1 Å². The largest absolute Gasteiger partial charge is 0.444 e. The van der Waals surface area contributed by atoms with Crippen LogP contribution in [-0.4, -0.2) is 30.1 Å². The molecule has 8 heteroatoms. The van der Waals surface area contributed by atoms with E-state index in [2.05, 4.69) is 4.99 Å². The van der Waals surface area contributed by atoms with Gasteiger partial charge in [0.2, 0.25) is 5.88 Å². The summed E-state index contributed by atoms with van der Waals surface area (Å²) in [4.78, 5) is 43.4. The quantitative estimate of drug-likeness (QED) is 0.457. The molecule has 1 aromatic rings. The maximum absolute atomic E-state index is 11.6. The molecule has 0 unspecified atom stereocenters. The van der Waals surface area contributed by atoms with Gasteiger partial charge in [-0.1, -0.05) is 0 Å². The highest BCUT2D eigenvalue weighted by Crippen LogP contribution is 2.23. The van der Waals surface area contributed by atoms with E-state index in [1.165, 1.54) is 13.8 Å². The molecule has 2 rings (SSSR count). The monoisotopic (exact) mass is 295 g/mol. The SMILES string of the molecule is Cc1ccc(N=CC2C(=O)OC(C)(C)OC2=O)o1.O=C=O. The van der Waals surface area contributed by atoms with Crippen molar-refractivity contribution in [1.29, 1.82) is 0 Å². The minimum atomic E-state index is -1.22. The number of rotatable bonds is 2. The highest BCUT2D eigenvalue weighted by molar-refractivity contribution is 6.10. The van der Waals surface area contributed by atoms with Gasteiger partial charge in [-0.05, 0) is 13.0 Å². The molecule has 0 aliphatic carbocycles. The van der Waals surface area contributed by atoms with Gasteiger partial charge in [0.05, 0.1) is 0 Å². The van der Waals surface area contributed by atoms with Crippen LogP contribution in [-0.2, 0) is 28.7 Å². The first-order chi connectivity index (χ1) is 9.79. The summed E-state index contributed by atoms with van der Waals surface area (Å²) in [6.45, 7) is 4.75. The number of nitrogens with zero attached hydrogens (tertiary/aromatic N) is 1. The maximum atomic E-state index is 11.6. The van der Waals surface area contributed by atoms with Crippen LogP contribution in [0.4, 0.5) is 5.88 Å². The molecule has 1 saturated heterocycles. The van der Waals surface area contributed by atoms with Gasteiger partial charge in [0.1, 0.15) is 5.76 Å². The van der Waals surface area contributed by atoms with E-state index in [0.29, 0.717) is 11.6 Å². The number of cyclic esters (lactones) is 2. The summed E-state index contributed by atoms with van der Waals surface area (Å²) in [6.07, 6.45) is 1.41. The van der Waals surface area contributed by atoms with Crippen LogP contribution in [0.1, 0.15) is 19.6 Å². The lowest BCUT2D eigenvalue weighted by molar-refractivity contribution is -0.235. The van der Waals surface area contributed by atoms with E-state index in [1.807, 2.05) is 0 Å². The average Bonchev–Trinajstić information content (AvgIpc) is 2.73. The molecule has 1 fully saturated rings. The van der Waals surface area contributed by atoms with Crippen LogP contribution in [0.25, 0.3) is 0 Å². The van der Waals surface area contributed by atoms with E-state index in [9.17, 15) is 9.59 Å². The highest BCUT2D eigenvalue weighted by atomic mass is 16.7. The van der Waals surface area contributed by atoms with Crippen molar-refractivity contribution in [2.24, 2.45) is 10.9 Å². The smallest absolute Gasteiger partial charge is 0.373 e. The van der Waals surface area contributed by atoms with Gasteiger partial charge < -0.3 is 13.9 Å². The second-order valence-corrected chi connectivity index (χ2v) is 4.47. The molecular formula is C13H13NO7. The summed E-state index contributed by atoms with van der Waals surface area (Å²) in [6, 6.07) is 3.36. The highest BCUT2D eigenvalue weighted by Gasteiger charge is 2.42. The Kier molecular flexibility index (Phi) is 5.15. The van der Waals surface area contributed by atoms with Gasteiger partial charge in [0.25, 0.3) is 5.79 Å². The number of esters is 2. The first-order valence-corrected chi connectivity index (χ1v) is 5.84. The number of aliphatic imine (C=N–C) groups is 1. The molecule has 2 heterocycles. The maximum Gasteiger partial charge on any atom is 0.373 e. The van der Waals surface area contributed by atoms with E-state index < -0.39 is 23.6 Å². The minimum absolute atomic E-state index is 0.250. The van der Waals surface area contributed by atoms with Crippen LogP contribution in [0.5, 0.6) is 0 Å². The fourth-order valence-corrected chi connectivity index (χ4v) is 1.49. The lowest BCUT2D eigenvalue weighted by Crippen LogP contribution is -2.46. The van der Waals surface area contributed by atoms with Crippen LogP contribution in [0, 0.1) is 12.8 Å². The van der Waals surface area contributed by atoms with Crippen molar-refractivity contribution in [3.63, 3.8) is 0 Å². The molecule has 21 heavy (non-hydrogen) atoms. The van der Waals surface area contributed by atoms with E-state index in [-0.39, 0.29) is 6.15 Å². The predicted molar refractivity (Wildman–Crippen MR) is 66.4 cm³/mol. The van der Waals surface area contributed by atoms with Crippen molar-refractivity contribution in [3.8, 4) is 0 Å². The third-order valence-corrected chi connectivity index (χ3v) is 2.28. The molecule has 0 bridgehead atoms. The van der Waals surface area contributed by atoms with Crippen molar-refractivity contribution >= 4 is 30.2 Å². The van der Waals surface area contributed by atoms with Gasteiger partial charge >= 0.3 is 18.1 Å². The van der Waals surface area contributed by atoms with Crippen molar-refractivity contribution in [2.45, 2.75) is 26.6 Å². The van der Waals surface area contributed by atoms with Crippen LogP contribution in [0.3, 0.4) is 0 Å². The Labute approximate surface area is 119 Å². The molecule has 0 N–H and O–H groups in total. The molecule has 0 spiro atoms. The normalized spacial score (nSPS) is 17.5. The Morgan fingerprint density at radius 3 is 2.14 bits per heavy atom. The molecule has 0 radical (unpaired) electrons. The van der Waals surface area contributed by atoms with Gasteiger partial charge in [-0.15, -0.1) is 0 Å². The summed E-state index contributed by atoms with van der Waals surface area (Å²) in [5, 5.41) is 0. The van der Waals surface area contributed by atoms with E-state index in [0.717, 1.165) is 6.21 Å². The molecule has 0 amide bonds. The summed E-state index contributed by atoms with van der Waals surface area (Å²) in [5.41, 5.74) is 0. The summed E-state index contributed by atoms with van der Waals surface area (Å²) in [7, 11) is 0. The third kappa shape index (κ3) is 4.70. The Morgan fingerprint density at radius 1 is 1.19 bits per heavy atom. The van der Waals surface area contributed by atoms with E-state index in [4.69, 9.17) is 23.5 Å². The van der Waals surface area contributed by atoms with Gasteiger partial charge in [-0.3, -0.25) is 9.59 Å². The minimum Gasteiger partial charge on any atom is -0.444 e. The zero-order valence-corrected chi connectivity index (χ0v) is 11.6. The topological polar surface area (TPSA) is 112 Å². The lowest BCUT2D eigenvalue weighted by atomic mass is 10.1. The Balaban J connectivity index is 0.000000677. The van der Waals surface area contributed by atoms with Gasteiger partial charge in [-0.25, -0.2) is 4.99 Å². The molecule has 1 aromatic heterocycles. The van der Waals surface area contributed by atoms with Crippen molar-refractivity contribution in [1.82, 2.24) is 0 Å². The van der Waals surface area contributed by atoms with Crippen molar-refractivity contribution in [3.05, 3.63) is 17.9 Å². The summed E-state index contributed by atoms with van der Waals surface area (Å²) < 4.78 is 15.1. The van der Waals surface area contributed by atoms with E-state index >= 15 is 0 Å². The second-order valence-electron chi connectivity index (χ2n) is 4.47. The van der Waals surface area contributed by atoms with Crippen LogP contribution in [0.15, 0.2) is 21.5 Å². The van der Waals surface area contributed by atoms with Crippen LogP contribution in [0.2, 0.25) is 0 Å². The fourth-order valence-electron chi connectivity index (χ4n) is 1.49. The number of furan rings is 1. The summed E-state index contributed by atoms with van der Waals surface area (Å²) >= 11 is 0. The standard InChI is InChI=1S/C12H13NO5.CO2/c1-7-4-5-9(16-7)13-6-8-10(14)17-12(2,3)18-11(8)15;2-1-3/h4-6,8H,1-3H3;. The third-order valence-electron chi connectivity index (χ3n) is 2.28. The zero-order valence-electron chi connectivity index (χ0n) is 11.6. The molecule has 0 saturated carbocycles. The first kappa shape index (κ1) is 16.3. The number of carbonyl (C=O) groups excluding carboxylic acids is 4. The molecule has 8 nitrogen and oxygen atoms in total. The molecule has 1 aliphatic heterocycles. The number of ether oxygens (including phenoxy) is 2. The van der Waals surface area contributed by atoms with Crippen molar-refractivity contribution in [2.75, 3.05) is 0 Å². The Bertz CT molecular complexity index is 573. The average molecular weight is 295 g/mol. The van der Waals surface area contributed by atoms with Crippen LogP contribution < -0.4 is 0 Å². The van der Waals surface area contributed by atoms with E-state index in [1.54, 1.807) is 19.1 Å². The lowest BCUT2D eigenvalue weighted by Gasteiger charge is -2.31. The second kappa shape index (κ2) is 6.62. The van der Waals surface area contributed by atoms with Gasteiger partial charge in [-0.2, -0.15) is 9.59 Å². The number of carbonyl (C=O) groups is 2. The molecule has 1 aliphatic rings. The molecule has 0 aromatic carbocycles. The molecule has 0 atom stereocenters. The number of hydrogen-bond acceptors (Lipinski definition) is 8. The van der Waals surface area contributed by atoms with Crippen LogP contribution >= 0.6 is 0 Å². The summed E-state index contributed by atoms with van der Waals surface area (Å²) in [5.74, 6) is -2.72. The number of hydrogen-bond donors (Lipinski definition) is 0. The fraction of sp³-hybridized carbons (Fsp3) is 0.385. The van der Waals surface area contributed by atoms with Gasteiger partial charge in [0.15, 0.2) is 5.92 Å². The predicted octanol–water partition coefficient (Wildman–Crippen LogP) is 1.16.